The number of hydrogen-bond donors (Lipinski definition) is 0. The summed E-state index contributed by atoms with van der Waals surface area (Å²) < 4.78 is 5.94. The van der Waals surface area contributed by atoms with Crippen molar-refractivity contribution in [2.75, 3.05) is 6.61 Å². The third kappa shape index (κ3) is 1.78. The molecule has 2 heteroatoms. The monoisotopic (exact) mass is 215 g/mol. The van der Waals surface area contributed by atoms with Crippen molar-refractivity contribution in [2.45, 2.75) is 31.8 Å². The van der Waals surface area contributed by atoms with Gasteiger partial charge in [0.05, 0.1) is 12.7 Å². The summed E-state index contributed by atoms with van der Waals surface area (Å²) in [6.07, 6.45) is 15.7. The maximum absolute atomic E-state index is 5.94. The highest BCUT2D eigenvalue weighted by atomic mass is 16.5. The molecule has 0 radical (unpaired) electrons. The molecule has 0 N–H and O–H groups in total. The van der Waals surface area contributed by atoms with Gasteiger partial charge in [0.2, 0.25) is 0 Å². The van der Waals surface area contributed by atoms with Crippen molar-refractivity contribution < 1.29 is 4.74 Å². The first-order valence-corrected chi connectivity index (χ1v) is 6.16. The van der Waals surface area contributed by atoms with E-state index in [0.29, 0.717) is 12.0 Å². The Kier molecular flexibility index (Phi) is 2.75. The molecular weight excluding hydrogens is 198 g/mol. The SMILES string of the molecule is C1=CC=C2C(=CN=C1)COC1CCCCC21. The van der Waals surface area contributed by atoms with Crippen LogP contribution in [0.2, 0.25) is 0 Å². The third-order valence-corrected chi connectivity index (χ3v) is 3.72. The van der Waals surface area contributed by atoms with Crippen molar-refractivity contribution in [1.29, 1.82) is 0 Å². The van der Waals surface area contributed by atoms with Crippen LogP contribution in [0.25, 0.3) is 0 Å². The van der Waals surface area contributed by atoms with Gasteiger partial charge in [0.15, 0.2) is 0 Å². The van der Waals surface area contributed by atoms with E-state index in [1.54, 1.807) is 0 Å². The Morgan fingerprint density at radius 2 is 2.12 bits per heavy atom. The van der Waals surface area contributed by atoms with Crippen molar-refractivity contribution in [3.8, 4) is 0 Å². The molecule has 2 fully saturated rings. The Bertz CT molecular complexity index is 390. The minimum atomic E-state index is 0.453. The summed E-state index contributed by atoms with van der Waals surface area (Å²) in [5.41, 5.74) is 2.73. The third-order valence-electron chi connectivity index (χ3n) is 3.72. The zero-order chi connectivity index (χ0) is 10.8. The Hall–Kier alpha value is -1.15. The second-order valence-corrected chi connectivity index (χ2v) is 4.70. The molecule has 0 aromatic rings. The standard InChI is InChI=1S/C14H17NO/c1-2-7-14-13(6-1)12-5-3-4-8-15-9-11(12)10-16-14/h3-5,8-9,13-14H,1-2,6-7,10H2. The van der Waals surface area contributed by atoms with E-state index in [4.69, 9.17) is 4.74 Å². The minimum Gasteiger partial charge on any atom is -0.373 e. The summed E-state index contributed by atoms with van der Waals surface area (Å²) in [6, 6.07) is 0. The van der Waals surface area contributed by atoms with Gasteiger partial charge < -0.3 is 4.74 Å². The van der Waals surface area contributed by atoms with E-state index in [0.717, 1.165) is 6.61 Å². The van der Waals surface area contributed by atoms with E-state index in [1.807, 2.05) is 18.5 Å². The van der Waals surface area contributed by atoms with Crippen molar-refractivity contribution in [3.05, 3.63) is 35.6 Å². The molecule has 0 amide bonds. The van der Waals surface area contributed by atoms with Crippen LogP contribution in [0, 0.1) is 5.92 Å². The van der Waals surface area contributed by atoms with E-state index < -0.39 is 0 Å². The molecule has 3 aliphatic rings. The molecule has 3 rings (SSSR count). The number of allylic oxidation sites excluding steroid dienone is 3. The average Bonchev–Trinajstić information content (AvgIpc) is 2.29. The lowest BCUT2D eigenvalue weighted by atomic mass is 9.77. The number of fused-ring (bicyclic) bond motifs is 3. The molecule has 0 aromatic heterocycles. The van der Waals surface area contributed by atoms with Gasteiger partial charge in [0.25, 0.3) is 0 Å². The predicted octanol–water partition coefficient (Wildman–Crippen LogP) is 3.03. The van der Waals surface area contributed by atoms with Crippen LogP contribution in [0.3, 0.4) is 0 Å². The maximum Gasteiger partial charge on any atom is 0.0738 e. The lowest BCUT2D eigenvalue weighted by Gasteiger charge is -2.38. The van der Waals surface area contributed by atoms with Crippen LogP contribution in [0.15, 0.2) is 40.6 Å². The highest BCUT2D eigenvalue weighted by Gasteiger charge is 2.34. The van der Waals surface area contributed by atoms with E-state index in [9.17, 15) is 0 Å². The first-order chi connectivity index (χ1) is 7.95. The Labute approximate surface area is 96.4 Å². The van der Waals surface area contributed by atoms with Gasteiger partial charge in [-0.15, -0.1) is 0 Å². The van der Waals surface area contributed by atoms with Crippen LogP contribution in [0.1, 0.15) is 25.7 Å². The van der Waals surface area contributed by atoms with E-state index in [-0.39, 0.29) is 0 Å². The first-order valence-electron chi connectivity index (χ1n) is 6.16. The molecule has 2 heterocycles. The molecule has 84 valence electrons. The largest absolute Gasteiger partial charge is 0.373 e. The summed E-state index contributed by atoms with van der Waals surface area (Å²) in [5, 5.41) is 0. The van der Waals surface area contributed by atoms with Crippen molar-refractivity contribution in [3.63, 3.8) is 0 Å². The lowest BCUT2D eigenvalue weighted by Crippen LogP contribution is -2.35. The van der Waals surface area contributed by atoms with Crippen molar-refractivity contribution in [2.24, 2.45) is 10.9 Å². The fraction of sp³-hybridized carbons (Fsp3) is 0.500. The van der Waals surface area contributed by atoms with E-state index in [2.05, 4.69) is 17.1 Å². The van der Waals surface area contributed by atoms with Gasteiger partial charge >= 0.3 is 0 Å². The van der Waals surface area contributed by atoms with Crippen LogP contribution in [0.5, 0.6) is 0 Å². The van der Waals surface area contributed by atoms with Crippen LogP contribution < -0.4 is 0 Å². The van der Waals surface area contributed by atoms with Gasteiger partial charge in [-0.1, -0.05) is 25.0 Å². The highest BCUT2D eigenvalue weighted by molar-refractivity contribution is 5.73. The molecule has 16 heavy (non-hydrogen) atoms. The topological polar surface area (TPSA) is 21.6 Å². The number of aliphatic imine (C=N–C) groups is 1. The average molecular weight is 215 g/mol. The molecule has 1 saturated heterocycles. The molecule has 0 spiro atoms. The van der Waals surface area contributed by atoms with Gasteiger partial charge in [-0.2, -0.15) is 0 Å². The highest BCUT2D eigenvalue weighted by Crippen LogP contribution is 2.39. The minimum absolute atomic E-state index is 0.453. The zero-order valence-corrected chi connectivity index (χ0v) is 9.43. The molecule has 0 bridgehead atoms. The van der Waals surface area contributed by atoms with Gasteiger partial charge in [-0.3, -0.25) is 4.99 Å². The number of ether oxygens (including phenoxy) is 1. The smallest absolute Gasteiger partial charge is 0.0738 e. The van der Waals surface area contributed by atoms with Gasteiger partial charge in [0, 0.05) is 18.3 Å². The molecular formula is C14H17NO. The van der Waals surface area contributed by atoms with Gasteiger partial charge in [-0.05, 0) is 30.1 Å². The predicted molar refractivity (Wildman–Crippen MR) is 65.5 cm³/mol. The molecule has 2 unspecified atom stereocenters. The summed E-state index contributed by atoms with van der Waals surface area (Å²) in [4.78, 5) is 4.26. The van der Waals surface area contributed by atoms with Crippen molar-refractivity contribution >= 4 is 6.21 Å². The number of rotatable bonds is 0. The zero-order valence-electron chi connectivity index (χ0n) is 9.43. The Balaban J connectivity index is 1.93. The van der Waals surface area contributed by atoms with Crippen LogP contribution in [-0.2, 0) is 4.74 Å². The Morgan fingerprint density at radius 3 is 3.12 bits per heavy atom. The summed E-state index contributed by atoms with van der Waals surface area (Å²) >= 11 is 0. The van der Waals surface area contributed by atoms with Gasteiger partial charge in [0.1, 0.15) is 0 Å². The summed E-state index contributed by atoms with van der Waals surface area (Å²) in [5.74, 6) is 0.603. The van der Waals surface area contributed by atoms with Crippen LogP contribution in [-0.4, -0.2) is 18.9 Å². The molecule has 2 aliphatic heterocycles. The first kappa shape index (κ1) is 10.0. The van der Waals surface area contributed by atoms with E-state index >= 15 is 0 Å². The fourth-order valence-electron chi connectivity index (χ4n) is 2.90. The second kappa shape index (κ2) is 4.38. The molecule has 2 atom stereocenters. The Morgan fingerprint density at radius 1 is 1.19 bits per heavy atom. The number of nitrogens with zero attached hydrogens (tertiary/aromatic N) is 1. The van der Waals surface area contributed by atoms with Crippen LogP contribution >= 0.6 is 0 Å². The molecule has 1 aliphatic carbocycles. The maximum atomic E-state index is 5.94. The lowest BCUT2D eigenvalue weighted by molar-refractivity contribution is -0.00238. The molecule has 0 aromatic carbocycles. The quantitative estimate of drug-likeness (QED) is 0.608. The normalized spacial score (nSPS) is 33.0. The number of hydrogen-bond acceptors (Lipinski definition) is 2. The van der Waals surface area contributed by atoms with Crippen LogP contribution in [0.4, 0.5) is 0 Å². The van der Waals surface area contributed by atoms with Gasteiger partial charge in [-0.25, -0.2) is 0 Å². The van der Waals surface area contributed by atoms with Crippen molar-refractivity contribution in [1.82, 2.24) is 0 Å². The summed E-state index contributed by atoms with van der Waals surface area (Å²) in [7, 11) is 0. The second-order valence-electron chi connectivity index (χ2n) is 4.70. The summed E-state index contributed by atoms with van der Waals surface area (Å²) in [6.45, 7) is 0.734. The molecule has 2 nitrogen and oxygen atoms in total. The van der Waals surface area contributed by atoms with E-state index in [1.165, 1.54) is 36.8 Å². The fourth-order valence-corrected chi connectivity index (χ4v) is 2.90. The molecule has 1 saturated carbocycles.